The number of nitrogens with zero attached hydrogens (tertiary/aromatic N) is 1. The molecule has 2 rings (SSSR count). The van der Waals surface area contributed by atoms with Crippen molar-refractivity contribution in [2.75, 3.05) is 5.32 Å². The highest BCUT2D eigenvalue weighted by molar-refractivity contribution is 7.89. The van der Waals surface area contributed by atoms with Gasteiger partial charge in [-0.2, -0.15) is 0 Å². The van der Waals surface area contributed by atoms with Crippen LogP contribution in [0.5, 0.6) is 0 Å². The van der Waals surface area contributed by atoms with Crippen molar-refractivity contribution in [3.8, 4) is 0 Å². The molecule has 0 radical (unpaired) electrons. The Morgan fingerprint density at radius 2 is 1.78 bits per heavy atom. The van der Waals surface area contributed by atoms with E-state index >= 15 is 0 Å². The maximum absolute atomic E-state index is 12.6. The summed E-state index contributed by atoms with van der Waals surface area (Å²) < 4.78 is 27.5. The molecule has 0 fully saturated rings. The SMILES string of the molecule is Cc1ccc(S(=O)(=O)NC(C)(C)C)cc1C(=O)Nc1cccc([N+](=O)[O-])c1. The fourth-order valence-electron chi connectivity index (χ4n) is 2.37. The highest BCUT2D eigenvalue weighted by Crippen LogP contribution is 2.21. The van der Waals surface area contributed by atoms with Gasteiger partial charge in [0.1, 0.15) is 0 Å². The van der Waals surface area contributed by atoms with Crippen molar-refractivity contribution in [2.24, 2.45) is 0 Å². The quantitative estimate of drug-likeness (QED) is 0.599. The zero-order valence-electron chi connectivity index (χ0n) is 15.4. The summed E-state index contributed by atoms with van der Waals surface area (Å²) in [6, 6.07) is 9.77. The number of nitrogens with one attached hydrogen (secondary N) is 2. The van der Waals surface area contributed by atoms with E-state index in [2.05, 4.69) is 10.0 Å². The maximum Gasteiger partial charge on any atom is 0.271 e. The summed E-state index contributed by atoms with van der Waals surface area (Å²) in [5.41, 5.74) is 0.158. The molecule has 2 aromatic carbocycles. The van der Waals surface area contributed by atoms with Crippen LogP contribution in [0.15, 0.2) is 47.4 Å². The van der Waals surface area contributed by atoms with Crippen LogP contribution in [-0.2, 0) is 10.0 Å². The molecule has 0 heterocycles. The summed E-state index contributed by atoms with van der Waals surface area (Å²) >= 11 is 0. The Bertz CT molecular complexity index is 994. The molecule has 0 aliphatic carbocycles. The van der Waals surface area contributed by atoms with Gasteiger partial charge in [0.05, 0.1) is 9.82 Å². The number of non-ortho nitro benzene ring substituents is 1. The van der Waals surface area contributed by atoms with Gasteiger partial charge in [-0.15, -0.1) is 0 Å². The third-order valence-electron chi connectivity index (χ3n) is 3.52. The number of sulfonamides is 1. The first-order valence-electron chi connectivity index (χ1n) is 8.09. The molecule has 9 heteroatoms. The molecule has 0 aliphatic rings. The molecule has 8 nitrogen and oxygen atoms in total. The van der Waals surface area contributed by atoms with E-state index in [9.17, 15) is 23.3 Å². The van der Waals surface area contributed by atoms with Crippen LogP contribution >= 0.6 is 0 Å². The van der Waals surface area contributed by atoms with Crippen LogP contribution in [0.25, 0.3) is 0 Å². The van der Waals surface area contributed by atoms with E-state index in [4.69, 9.17) is 0 Å². The van der Waals surface area contributed by atoms with Crippen LogP contribution in [0.2, 0.25) is 0 Å². The lowest BCUT2D eigenvalue weighted by Crippen LogP contribution is -2.40. The van der Waals surface area contributed by atoms with Gasteiger partial charge >= 0.3 is 0 Å². The summed E-state index contributed by atoms with van der Waals surface area (Å²) in [6.45, 7) is 6.83. The highest BCUT2D eigenvalue weighted by Gasteiger charge is 2.23. The molecule has 0 saturated carbocycles. The Labute approximate surface area is 157 Å². The summed E-state index contributed by atoms with van der Waals surface area (Å²) in [5.74, 6) is -0.555. The monoisotopic (exact) mass is 391 g/mol. The van der Waals surface area contributed by atoms with Gasteiger partial charge in [0.15, 0.2) is 0 Å². The number of anilines is 1. The fourth-order valence-corrected chi connectivity index (χ4v) is 3.81. The van der Waals surface area contributed by atoms with Crippen LogP contribution in [0, 0.1) is 17.0 Å². The Hall–Kier alpha value is -2.78. The van der Waals surface area contributed by atoms with E-state index in [0.717, 1.165) is 0 Å². The van der Waals surface area contributed by atoms with Crippen molar-refractivity contribution in [1.29, 1.82) is 0 Å². The van der Waals surface area contributed by atoms with Gasteiger partial charge in [0.2, 0.25) is 10.0 Å². The predicted molar refractivity (Wildman–Crippen MR) is 102 cm³/mol. The molecule has 0 bridgehead atoms. The minimum atomic E-state index is -3.80. The van der Waals surface area contributed by atoms with Crippen LogP contribution < -0.4 is 10.0 Å². The van der Waals surface area contributed by atoms with Crippen LogP contribution in [-0.4, -0.2) is 24.8 Å². The zero-order valence-corrected chi connectivity index (χ0v) is 16.3. The van der Waals surface area contributed by atoms with E-state index in [1.807, 2.05) is 0 Å². The first-order chi connectivity index (χ1) is 12.4. The molecule has 0 saturated heterocycles. The van der Waals surface area contributed by atoms with Crippen molar-refractivity contribution < 1.29 is 18.1 Å². The van der Waals surface area contributed by atoms with E-state index in [1.165, 1.54) is 36.4 Å². The molecular weight excluding hydrogens is 370 g/mol. The van der Waals surface area contributed by atoms with E-state index in [1.54, 1.807) is 33.8 Å². The van der Waals surface area contributed by atoms with Crippen molar-refractivity contribution in [3.63, 3.8) is 0 Å². The molecule has 0 aliphatic heterocycles. The second-order valence-corrected chi connectivity index (χ2v) is 8.78. The van der Waals surface area contributed by atoms with Crippen molar-refractivity contribution in [3.05, 3.63) is 63.7 Å². The Morgan fingerprint density at radius 3 is 2.37 bits per heavy atom. The van der Waals surface area contributed by atoms with E-state index in [-0.39, 0.29) is 21.8 Å². The number of hydrogen-bond donors (Lipinski definition) is 2. The smallest absolute Gasteiger partial charge is 0.271 e. The number of aryl methyl sites for hydroxylation is 1. The normalized spacial score (nSPS) is 11.9. The first-order valence-corrected chi connectivity index (χ1v) is 9.58. The van der Waals surface area contributed by atoms with Gasteiger partial charge in [-0.3, -0.25) is 14.9 Å². The third-order valence-corrected chi connectivity index (χ3v) is 5.27. The number of amides is 1. The van der Waals surface area contributed by atoms with Gasteiger partial charge in [-0.05, 0) is 51.5 Å². The molecule has 144 valence electrons. The molecule has 1 amide bonds. The lowest BCUT2D eigenvalue weighted by atomic mass is 10.1. The zero-order chi connectivity index (χ0) is 20.4. The van der Waals surface area contributed by atoms with Crippen molar-refractivity contribution in [2.45, 2.75) is 38.1 Å². The second kappa shape index (κ2) is 7.45. The van der Waals surface area contributed by atoms with Crippen LogP contribution in [0.3, 0.4) is 0 Å². The first kappa shape index (κ1) is 20.5. The predicted octanol–water partition coefficient (Wildman–Crippen LogP) is 3.23. The molecule has 2 N–H and O–H groups in total. The summed E-state index contributed by atoms with van der Waals surface area (Å²) in [6.07, 6.45) is 0. The topological polar surface area (TPSA) is 118 Å². The molecule has 0 unspecified atom stereocenters. The highest BCUT2D eigenvalue weighted by atomic mass is 32.2. The summed E-state index contributed by atoms with van der Waals surface area (Å²) in [7, 11) is -3.80. The Balaban J connectivity index is 2.34. The molecule has 27 heavy (non-hydrogen) atoms. The Morgan fingerprint density at radius 1 is 1.11 bits per heavy atom. The van der Waals surface area contributed by atoms with Crippen molar-refractivity contribution in [1.82, 2.24) is 4.72 Å². The van der Waals surface area contributed by atoms with Gasteiger partial charge in [-0.1, -0.05) is 12.1 Å². The van der Waals surface area contributed by atoms with Gasteiger partial charge in [-0.25, -0.2) is 13.1 Å². The number of nitro groups is 1. The summed E-state index contributed by atoms with van der Waals surface area (Å²) in [5, 5.41) is 13.4. The van der Waals surface area contributed by atoms with Crippen LogP contribution in [0.1, 0.15) is 36.7 Å². The van der Waals surface area contributed by atoms with Gasteiger partial charge < -0.3 is 5.32 Å². The minimum Gasteiger partial charge on any atom is -0.322 e. The molecule has 2 aromatic rings. The molecular formula is C18H21N3O5S. The number of nitro benzene ring substituents is 1. The minimum absolute atomic E-state index is 0.0350. The summed E-state index contributed by atoms with van der Waals surface area (Å²) in [4.78, 5) is 22.8. The average molecular weight is 391 g/mol. The van der Waals surface area contributed by atoms with Crippen LogP contribution in [0.4, 0.5) is 11.4 Å². The standard InChI is InChI=1S/C18H21N3O5S/c1-12-8-9-15(27(25,26)20-18(2,3)4)11-16(12)17(22)19-13-6-5-7-14(10-13)21(23)24/h5-11,20H,1-4H3,(H,19,22). The lowest BCUT2D eigenvalue weighted by Gasteiger charge is -2.20. The van der Waals surface area contributed by atoms with E-state index in [0.29, 0.717) is 5.56 Å². The number of carbonyl (C=O) groups excluding carboxylic acids is 1. The average Bonchev–Trinajstić information content (AvgIpc) is 2.52. The number of rotatable bonds is 5. The maximum atomic E-state index is 12.6. The Kier molecular flexibility index (Phi) is 5.67. The third kappa shape index (κ3) is 5.35. The number of carbonyl (C=O) groups is 1. The lowest BCUT2D eigenvalue weighted by molar-refractivity contribution is -0.384. The number of benzene rings is 2. The molecule has 0 spiro atoms. The van der Waals surface area contributed by atoms with E-state index < -0.39 is 26.4 Å². The van der Waals surface area contributed by atoms with Gasteiger partial charge in [0, 0.05) is 28.9 Å². The molecule has 0 aromatic heterocycles. The van der Waals surface area contributed by atoms with Crippen molar-refractivity contribution >= 4 is 27.3 Å². The molecule has 0 atom stereocenters. The van der Waals surface area contributed by atoms with Gasteiger partial charge in [0.25, 0.3) is 11.6 Å². The fraction of sp³-hybridized carbons (Fsp3) is 0.278. The second-order valence-electron chi connectivity index (χ2n) is 7.09. The number of hydrogen-bond acceptors (Lipinski definition) is 5. The largest absolute Gasteiger partial charge is 0.322 e.